The van der Waals surface area contributed by atoms with Gasteiger partial charge in [0, 0.05) is 18.1 Å². The zero-order chi connectivity index (χ0) is 20.0. The lowest BCUT2D eigenvalue weighted by Gasteiger charge is -2.19. The molecule has 2 amide bonds. The molecule has 8 heteroatoms. The van der Waals surface area contributed by atoms with E-state index < -0.39 is 0 Å². The number of likely N-dealkylation sites (N-methyl/N-ethyl adjacent to an activating group) is 1. The fourth-order valence-electron chi connectivity index (χ4n) is 2.44. The van der Waals surface area contributed by atoms with Gasteiger partial charge in [-0.3, -0.25) is 9.59 Å². The van der Waals surface area contributed by atoms with Crippen LogP contribution in [0.4, 0.5) is 5.69 Å². The lowest BCUT2D eigenvalue weighted by atomic mass is 10.1. The maximum Gasteiger partial charge on any atom is 0.257 e. The van der Waals surface area contributed by atoms with E-state index in [1.807, 2.05) is 0 Å². The predicted molar refractivity (Wildman–Crippen MR) is 103 cm³/mol. The quantitative estimate of drug-likeness (QED) is 0.783. The first-order chi connectivity index (χ1) is 12.9. The van der Waals surface area contributed by atoms with Gasteiger partial charge in [-0.25, -0.2) is 0 Å². The molecule has 2 rings (SSSR count). The molecule has 2 aromatic rings. The van der Waals surface area contributed by atoms with Crippen molar-refractivity contribution in [1.29, 1.82) is 0 Å². The normalized spacial score (nSPS) is 10.1. The highest BCUT2D eigenvalue weighted by molar-refractivity contribution is 6.31. The number of methoxy groups -OCH3 is 3. The molecule has 0 unspecified atom stereocenters. The molecule has 2 aromatic carbocycles. The minimum absolute atomic E-state index is 0.163. The number of amides is 2. The van der Waals surface area contributed by atoms with Crippen LogP contribution in [0.5, 0.6) is 17.2 Å². The molecule has 0 spiro atoms. The Morgan fingerprint density at radius 2 is 1.70 bits per heavy atom. The Bertz CT molecular complexity index is 841. The van der Waals surface area contributed by atoms with Gasteiger partial charge in [0.05, 0.1) is 39.1 Å². The van der Waals surface area contributed by atoms with Crippen molar-refractivity contribution in [3.8, 4) is 17.2 Å². The molecule has 0 aromatic heterocycles. The summed E-state index contributed by atoms with van der Waals surface area (Å²) in [7, 11) is 6.01. The van der Waals surface area contributed by atoms with Crippen molar-refractivity contribution in [3.63, 3.8) is 0 Å². The van der Waals surface area contributed by atoms with Gasteiger partial charge in [0.15, 0.2) is 0 Å². The highest BCUT2D eigenvalue weighted by atomic mass is 35.5. The summed E-state index contributed by atoms with van der Waals surface area (Å²) in [6, 6.07) is 9.73. The van der Waals surface area contributed by atoms with Crippen molar-refractivity contribution in [1.82, 2.24) is 4.90 Å². The molecule has 144 valence electrons. The van der Waals surface area contributed by atoms with Crippen LogP contribution in [-0.4, -0.2) is 51.6 Å². The van der Waals surface area contributed by atoms with E-state index in [9.17, 15) is 9.59 Å². The number of benzene rings is 2. The van der Waals surface area contributed by atoms with Gasteiger partial charge in [0.2, 0.25) is 5.91 Å². The molecule has 27 heavy (non-hydrogen) atoms. The van der Waals surface area contributed by atoms with E-state index in [0.717, 1.165) is 0 Å². The van der Waals surface area contributed by atoms with Crippen molar-refractivity contribution < 1.29 is 23.8 Å². The first kappa shape index (κ1) is 20.4. The summed E-state index contributed by atoms with van der Waals surface area (Å²) in [5, 5.41) is 3.15. The molecule has 0 saturated carbocycles. The Kier molecular flexibility index (Phi) is 6.90. The predicted octanol–water partition coefficient (Wildman–Crippen LogP) is 3.08. The van der Waals surface area contributed by atoms with Crippen LogP contribution >= 0.6 is 11.6 Å². The monoisotopic (exact) mass is 392 g/mol. The van der Waals surface area contributed by atoms with Crippen LogP contribution in [0.1, 0.15) is 10.4 Å². The standard InChI is InChI=1S/C19H21ClN2O5/c1-22(19(24)14-7-6-13(25-2)10-17(14)27-4)11-18(23)21-15-9-12(20)5-8-16(15)26-3/h5-10H,11H2,1-4H3,(H,21,23). The van der Waals surface area contributed by atoms with Gasteiger partial charge in [-0.1, -0.05) is 11.6 Å². The summed E-state index contributed by atoms with van der Waals surface area (Å²) in [6.45, 7) is -0.163. The van der Waals surface area contributed by atoms with Crippen LogP contribution in [0, 0.1) is 0 Å². The largest absolute Gasteiger partial charge is 0.497 e. The topological polar surface area (TPSA) is 77.1 Å². The number of nitrogens with one attached hydrogen (secondary N) is 1. The van der Waals surface area contributed by atoms with E-state index >= 15 is 0 Å². The second-order valence-electron chi connectivity index (χ2n) is 5.62. The molecule has 0 atom stereocenters. The summed E-state index contributed by atoms with van der Waals surface area (Å²) >= 11 is 5.96. The van der Waals surface area contributed by atoms with Crippen LogP contribution in [0.2, 0.25) is 5.02 Å². The van der Waals surface area contributed by atoms with E-state index in [2.05, 4.69) is 5.32 Å². The molecule has 7 nitrogen and oxygen atoms in total. The Balaban J connectivity index is 2.10. The molecule has 0 heterocycles. The van der Waals surface area contributed by atoms with Crippen LogP contribution in [-0.2, 0) is 4.79 Å². The van der Waals surface area contributed by atoms with Gasteiger partial charge in [-0.05, 0) is 30.3 Å². The Morgan fingerprint density at radius 3 is 2.33 bits per heavy atom. The lowest BCUT2D eigenvalue weighted by Crippen LogP contribution is -2.35. The van der Waals surface area contributed by atoms with Gasteiger partial charge in [0.25, 0.3) is 5.91 Å². The van der Waals surface area contributed by atoms with Crippen molar-refractivity contribution in [2.24, 2.45) is 0 Å². The molecule has 0 bridgehead atoms. The number of halogens is 1. The van der Waals surface area contributed by atoms with E-state index in [1.54, 1.807) is 36.4 Å². The van der Waals surface area contributed by atoms with Crippen LogP contribution in [0.25, 0.3) is 0 Å². The molecule has 0 aliphatic rings. The highest BCUT2D eigenvalue weighted by Gasteiger charge is 2.20. The zero-order valence-electron chi connectivity index (χ0n) is 15.5. The number of hydrogen-bond acceptors (Lipinski definition) is 5. The highest BCUT2D eigenvalue weighted by Crippen LogP contribution is 2.28. The van der Waals surface area contributed by atoms with Crippen molar-refractivity contribution in [2.75, 3.05) is 40.2 Å². The van der Waals surface area contributed by atoms with Gasteiger partial charge in [-0.15, -0.1) is 0 Å². The van der Waals surface area contributed by atoms with Gasteiger partial charge >= 0.3 is 0 Å². The summed E-state index contributed by atoms with van der Waals surface area (Å²) in [5.74, 6) is 0.653. The Labute approximate surface area is 162 Å². The van der Waals surface area contributed by atoms with Gasteiger partial charge < -0.3 is 24.4 Å². The maximum atomic E-state index is 12.7. The average molecular weight is 393 g/mol. The minimum atomic E-state index is -0.390. The number of carbonyl (C=O) groups is 2. The average Bonchev–Trinajstić information content (AvgIpc) is 2.66. The lowest BCUT2D eigenvalue weighted by molar-refractivity contribution is -0.116. The SMILES string of the molecule is COc1ccc(C(=O)N(C)CC(=O)Nc2cc(Cl)ccc2OC)c(OC)c1. The van der Waals surface area contributed by atoms with Crippen molar-refractivity contribution in [2.45, 2.75) is 0 Å². The molecule has 0 fully saturated rings. The fraction of sp³-hybridized carbons (Fsp3) is 0.263. The number of anilines is 1. The number of ether oxygens (including phenoxy) is 3. The Hall–Kier alpha value is -2.93. The summed E-state index contributed by atoms with van der Waals surface area (Å²) in [6.07, 6.45) is 0. The van der Waals surface area contributed by atoms with Gasteiger partial charge in [0.1, 0.15) is 17.2 Å². The van der Waals surface area contributed by atoms with Crippen LogP contribution < -0.4 is 19.5 Å². The second-order valence-corrected chi connectivity index (χ2v) is 6.06. The molecule has 0 aliphatic heterocycles. The summed E-state index contributed by atoms with van der Waals surface area (Å²) in [5.41, 5.74) is 0.756. The third-order valence-corrected chi connectivity index (χ3v) is 4.04. The van der Waals surface area contributed by atoms with E-state index in [1.165, 1.54) is 33.3 Å². The smallest absolute Gasteiger partial charge is 0.257 e. The molecule has 0 aliphatic carbocycles. The third-order valence-electron chi connectivity index (χ3n) is 3.80. The minimum Gasteiger partial charge on any atom is -0.497 e. The molecule has 0 saturated heterocycles. The van der Waals surface area contributed by atoms with Gasteiger partial charge in [-0.2, -0.15) is 0 Å². The first-order valence-corrected chi connectivity index (χ1v) is 8.38. The van der Waals surface area contributed by atoms with E-state index in [0.29, 0.717) is 33.5 Å². The van der Waals surface area contributed by atoms with Crippen molar-refractivity contribution in [3.05, 3.63) is 47.0 Å². The van der Waals surface area contributed by atoms with E-state index in [4.69, 9.17) is 25.8 Å². The molecular weight excluding hydrogens is 372 g/mol. The Morgan fingerprint density at radius 1 is 1.00 bits per heavy atom. The number of hydrogen-bond donors (Lipinski definition) is 1. The zero-order valence-corrected chi connectivity index (χ0v) is 16.3. The number of carbonyl (C=O) groups excluding carboxylic acids is 2. The summed E-state index contributed by atoms with van der Waals surface area (Å²) in [4.78, 5) is 26.3. The first-order valence-electron chi connectivity index (χ1n) is 8.00. The molecular formula is C19H21ClN2O5. The molecule has 1 N–H and O–H groups in total. The number of rotatable bonds is 7. The van der Waals surface area contributed by atoms with Crippen LogP contribution in [0.15, 0.2) is 36.4 Å². The van der Waals surface area contributed by atoms with E-state index in [-0.39, 0.29) is 18.4 Å². The summed E-state index contributed by atoms with van der Waals surface area (Å²) < 4.78 is 15.6. The maximum absolute atomic E-state index is 12.7. The van der Waals surface area contributed by atoms with Crippen molar-refractivity contribution >= 4 is 29.1 Å². The fourth-order valence-corrected chi connectivity index (χ4v) is 2.61. The second kappa shape index (κ2) is 9.14. The third kappa shape index (κ3) is 5.04. The molecule has 0 radical (unpaired) electrons. The number of nitrogens with zero attached hydrogens (tertiary/aromatic N) is 1. The van der Waals surface area contributed by atoms with Crippen LogP contribution in [0.3, 0.4) is 0 Å².